The van der Waals surface area contributed by atoms with Crippen LogP contribution in [0.1, 0.15) is 37.7 Å². The zero-order valence-corrected chi connectivity index (χ0v) is 11.2. The number of piperidine rings is 1. The average molecular weight is 259 g/mol. The SMILES string of the molecule is O=C(O)CC1CCC2CCC1N2Cc1ccccc1. The van der Waals surface area contributed by atoms with Gasteiger partial charge in [-0.3, -0.25) is 9.69 Å². The van der Waals surface area contributed by atoms with E-state index in [0.717, 1.165) is 13.0 Å². The first kappa shape index (κ1) is 12.7. The molecule has 2 aliphatic heterocycles. The third kappa shape index (κ3) is 2.66. The zero-order chi connectivity index (χ0) is 13.2. The summed E-state index contributed by atoms with van der Waals surface area (Å²) in [5.74, 6) is -0.296. The summed E-state index contributed by atoms with van der Waals surface area (Å²) in [7, 11) is 0. The van der Waals surface area contributed by atoms with Crippen LogP contribution in [0.25, 0.3) is 0 Å². The smallest absolute Gasteiger partial charge is 0.303 e. The van der Waals surface area contributed by atoms with Crippen molar-refractivity contribution in [1.82, 2.24) is 4.90 Å². The number of rotatable bonds is 4. The summed E-state index contributed by atoms with van der Waals surface area (Å²) >= 11 is 0. The highest BCUT2D eigenvalue weighted by Gasteiger charge is 2.42. The molecule has 102 valence electrons. The van der Waals surface area contributed by atoms with Gasteiger partial charge in [-0.2, -0.15) is 0 Å². The fraction of sp³-hybridized carbons (Fsp3) is 0.562. The van der Waals surface area contributed by atoms with Crippen LogP contribution in [-0.2, 0) is 11.3 Å². The Balaban J connectivity index is 1.72. The second kappa shape index (κ2) is 5.33. The van der Waals surface area contributed by atoms with Crippen molar-refractivity contribution in [2.75, 3.05) is 0 Å². The summed E-state index contributed by atoms with van der Waals surface area (Å²) in [5, 5.41) is 9.05. The number of aliphatic carboxylic acids is 1. The molecule has 2 aliphatic rings. The molecule has 1 aromatic rings. The molecule has 0 aromatic heterocycles. The Morgan fingerprint density at radius 3 is 2.63 bits per heavy atom. The Morgan fingerprint density at radius 1 is 1.16 bits per heavy atom. The lowest BCUT2D eigenvalue weighted by Crippen LogP contribution is -2.44. The van der Waals surface area contributed by atoms with E-state index in [4.69, 9.17) is 5.11 Å². The van der Waals surface area contributed by atoms with Crippen LogP contribution in [0.5, 0.6) is 0 Å². The Kier molecular flexibility index (Phi) is 3.56. The summed E-state index contributed by atoms with van der Waals surface area (Å²) in [6.07, 6.45) is 5.01. The van der Waals surface area contributed by atoms with Gasteiger partial charge in [0, 0.05) is 25.0 Å². The molecule has 0 aliphatic carbocycles. The molecule has 2 heterocycles. The largest absolute Gasteiger partial charge is 0.481 e. The maximum atomic E-state index is 11.0. The second-order valence-corrected chi connectivity index (χ2v) is 5.89. The molecule has 3 unspecified atom stereocenters. The van der Waals surface area contributed by atoms with Gasteiger partial charge in [0.15, 0.2) is 0 Å². The number of fused-ring (bicyclic) bond motifs is 2. The third-order valence-corrected chi connectivity index (χ3v) is 4.75. The molecule has 0 spiro atoms. The molecule has 0 saturated carbocycles. The minimum absolute atomic E-state index is 0.336. The van der Waals surface area contributed by atoms with Crippen LogP contribution in [0.3, 0.4) is 0 Å². The Hall–Kier alpha value is -1.35. The van der Waals surface area contributed by atoms with Gasteiger partial charge in [0.05, 0.1) is 0 Å². The highest BCUT2D eigenvalue weighted by Crippen LogP contribution is 2.41. The number of carboxylic acids is 1. The molecule has 3 atom stereocenters. The van der Waals surface area contributed by atoms with Crippen molar-refractivity contribution >= 4 is 5.97 Å². The van der Waals surface area contributed by atoms with E-state index in [1.165, 1.54) is 24.8 Å². The average Bonchev–Trinajstić information content (AvgIpc) is 2.66. The molecule has 19 heavy (non-hydrogen) atoms. The molecular weight excluding hydrogens is 238 g/mol. The fourth-order valence-electron chi connectivity index (χ4n) is 3.88. The third-order valence-electron chi connectivity index (χ3n) is 4.75. The highest BCUT2D eigenvalue weighted by molar-refractivity contribution is 5.67. The lowest BCUT2D eigenvalue weighted by molar-refractivity contribution is -0.139. The molecule has 2 bridgehead atoms. The molecule has 2 saturated heterocycles. The molecule has 3 heteroatoms. The van der Waals surface area contributed by atoms with Gasteiger partial charge >= 0.3 is 5.97 Å². The van der Waals surface area contributed by atoms with E-state index in [1.807, 2.05) is 6.07 Å². The molecule has 3 rings (SSSR count). The highest BCUT2D eigenvalue weighted by atomic mass is 16.4. The van der Waals surface area contributed by atoms with Crippen LogP contribution < -0.4 is 0 Å². The van der Waals surface area contributed by atoms with Crippen LogP contribution in [-0.4, -0.2) is 28.1 Å². The van der Waals surface area contributed by atoms with E-state index in [1.54, 1.807) is 0 Å². The maximum absolute atomic E-state index is 11.0. The van der Waals surface area contributed by atoms with E-state index in [-0.39, 0.29) is 0 Å². The quantitative estimate of drug-likeness (QED) is 0.904. The minimum atomic E-state index is -0.644. The fourth-order valence-corrected chi connectivity index (χ4v) is 3.88. The summed E-state index contributed by atoms with van der Waals surface area (Å²) in [6, 6.07) is 11.7. The van der Waals surface area contributed by atoms with Gasteiger partial charge in [-0.1, -0.05) is 30.3 Å². The van der Waals surface area contributed by atoms with Crippen LogP contribution in [0.2, 0.25) is 0 Å². The van der Waals surface area contributed by atoms with E-state index in [2.05, 4.69) is 29.2 Å². The number of nitrogens with zero attached hydrogens (tertiary/aromatic N) is 1. The van der Waals surface area contributed by atoms with Gasteiger partial charge in [0.1, 0.15) is 0 Å². The van der Waals surface area contributed by atoms with Crippen molar-refractivity contribution in [3.05, 3.63) is 35.9 Å². The Labute approximate surface area is 114 Å². The number of hydrogen-bond acceptors (Lipinski definition) is 2. The van der Waals surface area contributed by atoms with Crippen LogP contribution >= 0.6 is 0 Å². The molecular formula is C16H21NO2. The van der Waals surface area contributed by atoms with Gasteiger partial charge in [0.25, 0.3) is 0 Å². The molecule has 1 N–H and O–H groups in total. The van der Waals surface area contributed by atoms with Gasteiger partial charge in [0.2, 0.25) is 0 Å². The minimum Gasteiger partial charge on any atom is -0.481 e. The van der Waals surface area contributed by atoms with E-state index < -0.39 is 5.97 Å². The lowest BCUT2D eigenvalue weighted by Gasteiger charge is -2.39. The summed E-state index contributed by atoms with van der Waals surface area (Å²) in [6.45, 7) is 0.978. The summed E-state index contributed by atoms with van der Waals surface area (Å²) in [5.41, 5.74) is 1.34. The zero-order valence-electron chi connectivity index (χ0n) is 11.2. The first-order valence-electron chi connectivity index (χ1n) is 7.25. The van der Waals surface area contributed by atoms with E-state index in [0.29, 0.717) is 24.4 Å². The predicted octanol–water partition coefficient (Wildman–Crippen LogP) is 2.90. The topological polar surface area (TPSA) is 40.5 Å². The molecule has 1 aromatic carbocycles. The van der Waals surface area contributed by atoms with Crippen molar-refractivity contribution in [2.45, 2.75) is 50.7 Å². The Bertz CT molecular complexity index is 445. The van der Waals surface area contributed by atoms with Crippen molar-refractivity contribution in [1.29, 1.82) is 0 Å². The van der Waals surface area contributed by atoms with Crippen LogP contribution in [0.15, 0.2) is 30.3 Å². The standard InChI is InChI=1S/C16H21NO2/c18-16(19)10-13-6-7-14-8-9-15(13)17(14)11-12-4-2-1-3-5-12/h1-5,13-15H,6-11H2,(H,18,19). The van der Waals surface area contributed by atoms with Crippen molar-refractivity contribution in [3.8, 4) is 0 Å². The van der Waals surface area contributed by atoms with Gasteiger partial charge in [-0.25, -0.2) is 0 Å². The van der Waals surface area contributed by atoms with E-state index in [9.17, 15) is 4.79 Å². The second-order valence-electron chi connectivity index (χ2n) is 5.89. The molecule has 3 nitrogen and oxygen atoms in total. The summed E-state index contributed by atoms with van der Waals surface area (Å²) < 4.78 is 0. The molecule has 0 amide bonds. The number of carbonyl (C=O) groups is 1. The first-order chi connectivity index (χ1) is 9.24. The monoisotopic (exact) mass is 259 g/mol. The predicted molar refractivity (Wildman–Crippen MR) is 73.8 cm³/mol. The summed E-state index contributed by atoms with van der Waals surface area (Å²) in [4.78, 5) is 13.6. The van der Waals surface area contributed by atoms with Crippen molar-refractivity contribution in [3.63, 3.8) is 0 Å². The number of benzene rings is 1. The van der Waals surface area contributed by atoms with Gasteiger partial charge in [-0.15, -0.1) is 0 Å². The lowest BCUT2D eigenvalue weighted by atomic mass is 9.87. The number of hydrogen-bond donors (Lipinski definition) is 1. The van der Waals surface area contributed by atoms with Gasteiger partial charge in [-0.05, 0) is 37.2 Å². The molecule has 2 fully saturated rings. The van der Waals surface area contributed by atoms with Crippen molar-refractivity contribution in [2.24, 2.45) is 5.92 Å². The van der Waals surface area contributed by atoms with Crippen LogP contribution in [0.4, 0.5) is 0 Å². The normalized spacial score (nSPS) is 30.4. The van der Waals surface area contributed by atoms with Crippen LogP contribution in [0, 0.1) is 5.92 Å². The first-order valence-corrected chi connectivity index (χ1v) is 7.25. The number of carboxylic acid groups (broad SMARTS) is 1. The molecule has 0 radical (unpaired) electrons. The van der Waals surface area contributed by atoms with Gasteiger partial charge < -0.3 is 5.11 Å². The van der Waals surface area contributed by atoms with Crippen molar-refractivity contribution < 1.29 is 9.90 Å². The Morgan fingerprint density at radius 2 is 1.89 bits per heavy atom. The maximum Gasteiger partial charge on any atom is 0.303 e. The van der Waals surface area contributed by atoms with E-state index >= 15 is 0 Å².